The van der Waals surface area contributed by atoms with E-state index in [-0.39, 0.29) is 0 Å². The zero-order valence-electron chi connectivity index (χ0n) is 7.87. The molecule has 70 valence electrons. The lowest BCUT2D eigenvalue weighted by atomic mass is 10.1. The SMILES string of the molecule is c1ccc(CC[C@H]2CCCN2)nc1. The Balaban J connectivity index is 1.79. The molecule has 0 radical (unpaired) electrons. The van der Waals surface area contributed by atoms with E-state index in [0.29, 0.717) is 0 Å². The first-order valence-electron chi connectivity index (χ1n) is 5.08. The predicted molar refractivity (Wildman–Crippen MR) is 53.6 cm³/mol. The fourth-order valence-corrected chi connectivity index (χ4v) is 1.87. The molecule has 2 heterocycles. The average molecular weight is 176 g/mol. The van der Waals surface area contributed by atoms with Crippen LogP contribution in [0.15, 0.2) is 24.4 Å². The molecule has 1 atom stereocenters. The van der Waals surface area contributed by atoms with Crippen LogP contribution in [0.25, 0.3) is 0 Å². The highest BCUT2D eigenvalue weighted by atomic mass is 14.9. The van der Waals surface area contributed by atoms with Gasteiger partial charge in [-0.15, -0.1) is 0 Å². The van der Waals surface area contributed by atoms with Crippen molar-refractivity contribution in [2.45, 2.75) is 31.7 Å². The summed E-state index contributed by atoms with van der Waals surface area (Å²) in [5.74, 6) is 0. The number of hydrogen-bond donors (Lipinski definition) is 1. The van der Waals surface area contributed by atoms with Gasteiger partial charge in [0.15, 0.2) is 0 Å². The van der Waals surface area contributed by atoms with Crippen molar-refractivity contribution in [2.75, 3.05) is 6.54 Å². The topological polar surface area (TPSA) is 24.9 Å². The number of rotatable bonds is 3. The fraction of sp³-hybridized carbons (Fsp3) is 0.545. The van der Waals surface area contributed by atoms with Crippen LogP contribution in [-0.2, 0) is 6.42 Å². The summed E-state index contributed by atoms with van der Waals surface area (Å²) in [6, 6.07) is 6.87. The van der Waals surface area contributed by atoms with Crippen molar-refractivity contribution in [1.82, 2.24) is 10.3 Å². The van der Waals surface area contributed by atoms with Gasteiger partial charge in [-0.2, -0.15) is 0 Å². The van der Waals surface area contributed by atoms with Gasteiger partial charge in [-0.3, -0.25) is 4.98 Å². The fourth-order valence-electron chi connectivity index (χ4n) is 1.87. The predicted octanol–water partition coefficient (Wildman–Crippen LogP) is 1.77. The Bertz CT molecular complexity index is 240. The van der Waals surface area contributed by atoms with Crippen molar-refractivity contribution in [3.05, 3.63) is 30.1 Å². The molecule has 0 saturated carbocycles. The second-order valence-electron chi connectivity index (χ2n) is 3.65. The molecule has 2 rings (SSSR count). The minimum atomic E-state index is 0.738. The Labute approximate surface area is 79.4 Å². The van der Waals surface area contributed by atoms with Gasteiger partial charge >= 0.3 is 0 Å². The molecular formula is C11H16N2. The first-order chi connectivity index (χ1) is 6.45. The Hall–Kier alpha value is -0.890. The molecule has 1 aliphatic rings. The summed E-state index contributed by atoms with van der Waals surface area (Å²) in [6.07, 6.45) is 6.90. The molecule has 2 heteroatoms. The number of aromatic nitrogens is 1. The number of aryl methyl sites for hydroxylation is 1. The highest BCUT2D eigenvalue weighted by Crippen LogP contribution is 2.11. The van der Waals surface area contributed by atoms with E-state index in [1.165, 1.54) is 31.5 Å². The molecule has 1 aliphatic heterocycles. The van der Waals surface area contributed by atoms with Gasteiger partial charge in [-0.05, 0) is 44.4 Å². The van der Waals surface area contributed by atoms with Crippen molar-refractivity contribution < 1.29 is 0 Å². The van der Waals surface area contributed by atoms with Crippen molar-refractivity contribution in [3.63, 3.8) is 0 Å². The van der Waals surface area contributed by atoms with Crippen LogP contribution < -0.4 is 5.32 Å². The maximum Gasteiger partial charge on any atom is 0.0404 e. The molecule has 1 N–H and O–H groups in total. The molecule has 0 spiro atoms. The van der Waals surface area contributed by atoms with Crippen molar-refractivity contribution in [3.8, 4) is 0 Å². The molecule has 1 saturated heterocycles. The van der Waals surface area contributed by atoms with Gasteiger partial charge in [0, 0.05) is 17.9 Å². The van der Waals surface area contributed by atoms with Crippen molar-refractivity contribution in [1.29, 1.82) is 0 Å². The van der Waals surface area contributed by atoms with Crippen LogP contribution >= 0.6 is 0 Å². The molecule has 1 aromatic rings. The van der Waals surface area contributed by atoms with E-state index in [9.17, 15) is 0 Å². The molecule has 13 heavy (non-hydrogen) atoms. The van der Waals surface area contributed by atoms with E-state index < -0.39 is 0 Å². The van der Waals surface area contributed by atoms with Gasteiger partial charge in [-0.1, -0.05) is 6.07 Å². The monoisotopic (exact) mass is 176 g/mol. The maximum atomic E-state index is 4.31. The smallest absolute Gasteiger partial charge is 0.0404 e. The number of pyridine rings is 1. The number of hydrogen-bond acceptors (Lipinski definition) is 2. The van der Waals surface area contributed by atoms with Crippen molar-refractivity contribution in [2.24, 2.45) is 0 Å². The van der Waals surface area contributed by atoms with E-state index in [1.807, 2.05) is 12.3 Å². The Kier molecular flexibility index (Phi) is 2.93. The van der Waals surface area contributed by atoms with E-state index in [1.54, 1.807) is 0 Å². The lowest BCUT2D eigenvalue weighted by molar-refractivity contribution is 0.555. The summed E-state index contributed by atoms with van der Waals surface area (Å²) in [5, 5.41) is 3.50. The molecule has 0 bridgehead atoms. The highest BCUT2D eigenvalue weighted by Gasteiger charge is 2.13. The summed E-state index contributed by atoms with van der Waals surface area (Å²) in [5.41, 5.74) is 1.22. The first-order valence-corrected chi connectivity index (χ1v) is 5.08. The Morgan fingerprint density at radius 2 is 2.46 bits per heavy atom. The molecule has 0 aliphatic carbocycles. The Morgan fingerprint density at radius 1 is 1.46 bits per heavy atom. The maximum absolute atomic E-state index is 4.31. The van der Waals surface area contributed by atoms with E-state index >= 15 is 0 Å². The lowest BCUT2D eigenvalue weighted by Crippen LogP contribution is -2.21. The minimum absolute atomic E-state index is 0.738. The molecule has 0 unspecified atom stereocenters. The summed E-state index contributed by atoms with van der Waals surface area (Å²) < 4.78 is 0. The van der Waals surface area contributed by atoms with Crippen LogP contribution in [0.1, 0.15) is 25.0 Å². The molecule has 2 nitrogen and oxygen atoms in total. The van der Waals surface area contributed by atoms with Gasteiger partial charge in [0.05, 0.1) is 0 Å². The van der Waals surface area contributed by atoms with E-state index in [2.05, 4.69) is 22.4 Å². The van der Waals surface area contributed by atoms with Gasteiger partial charge in [0.1, 0.15) is 0 Å². The average Bonchev–Trinajstić information content (AvgIpc) is 2.69. The summed E-state index contributed by atoms with van der Waals surface area (Å²) in [7, 11) is 0. The normalized spacial score (nSPS) is 22.0. The van der Waals surface area contributed by atoms with Crippen LogP contribution in [0.5, 0.6) is 0 Å². The van der Waals surface area contributed by atoms with Gasteiger partial charge < -0.3 is 5.32 Å². The quantitative estimate of drug-likeness (QED) is 0.759. The summed E-state index contributed by atoms with van der Waals surface area (Å²) >= 11 is 0. The number of nitrogens with zero attached hydrogens (tertiary/aromatic N) is 1. The minimum Gasteiger partial charge on any atom is -0.314 e. The second-order valence-corrected chi connectivity index (χ2v) is 3.65. The molecule has 0 amide bonds. The van der Waals surface area contributed by atoms with E-state index in [4.69, 9.17) is 0 Å². The largest absolute Gasteiger partial charge is 0.314 e. The third-order valence-corrected chi connectivity index (χ3v) is 2.64. The standard InChI is InChI=1S/C11H16N2/c1-2-8-12-10(4-1)6-7-11-5-3-9-13-11/h1-2,4,8,11,13H,3,5-7,9H2/t11-/m1/s1. The molecular weight excluding hydrogens is 160 g/mol. The highest BCUT2D eigenvalue weighted by molar-refractivity contribution is 5.03. The van der Waals surface area contributed by atoms with Gasteiger partial charge in [-0.25, -0.2) is 0 Å². The lowest BCUT2D eigenvalue weighted by Gasteiger charge is -2.08. The third-order valence-electron chi connectivity index (χ3n) is 2.64. The Morgan fingerprint density at radius 3 is 3.15 bits per heavy atom. The molecule has 1 fully saturated rings. The third kappa shape index (κ3) is 2.52. The summed E-state index contributed by atoms with van der Waals surface area (Å²) in [6.45, 7) is 1.20. The first kappa shape index (κ1) is 8.70. The zero-order chi connectivity index (χ0) is 8.93. The second kappa shape index (κ2) is 4.38. The van der Waals surface area contributed by atoms with Crippen LogP contribution in [0, 0.1) is 0 Å². The van der Waals surface area contributed by atoms with Crippen molar-refractivity contribution >= 4 is 0 Å². The van der Waals surface area contributed by atoms with Gasteiger partial charge in [0.2, 0.25) is 0 Å². The number of nitrogens with one attached hydrogen (secondary N) is 1. The molecule has 1 aromatic heterocycles. The van der Waals surface area contributed by atoms with Gasteiger partial charge in [0.25, 0.3) is 0 Å². The van der Waals surface area contributed by atoms with Crippen LogP contribution in [-0.4, -0.2) is 17.6 Å². The summed E-state index contributed by atoms with van der Waals surface area (Å²) in [4.78, 5) is 4.31. The molecule has 0 aromatic carbocycles. The van der Waals surface area contributed by atoms with Crippen LogP contribution in [0.4, 0.5) is 0 Å². The zero-order valence-corrected chi connectivity index (χ0v) is 7.87. The van der Waals surface area contributed by atoms with Crippen LogP contribution in [0.3, 0.4) is 0 Å². The van der Waals surface area contributed by atoms with Crippen LogP contribution in [0.2, 0.25) is 0 Å². The van der Waals surface area contributed by atoms with E-state index in [0.717, 1.165) is 12.5 Å².